The second-order valence-electron chi connectivity index (χ2n) is 7.58. The van der Waals surface area contributed by atoms with E-state index in [4.69, 9.17) is 9.84 Å². The molecule has 7 heteroatoms. The van der Waals surface area contributed by atoms with E-state index >= 15 is 0 Å². The number of piperidine rings is 1. The lowest BCUT2D eigenvalue weighted by atomic mass is 10.1. The molecule has 0 aromatic heterocycles. The Morgan fingerprint density at radius 1 is 1.06 bits per heavy atom. The number of hydrogen-bond acceptors (Lipinski definition) is 4. The fourth-order valence-electron chi connectivity index (χ4n) is 3.65. The molecule has 6 nitrogen and oxygen atoms in total. The highest BCUT2D eigenvalue weighted by Gasteiger charge is 2.19. The highest BCUT2D eigenvalue weighted by Crippen LogP contribution is 2.28. The van der Waals surface area contributed by atoms with E-state index in [1.807, 2.05) is 18.2 Å². The zero-order valence-electron chi connectivity index (χ0n) is 17.9. The van der Waals surface area contributed by atoms with Crippen LogP contribution in [0.5, 0.6) is 5.75 Å². The van der Waals surface area contributed by atoms with E-state index in [-0.39, 0.29) is 23.9 Å². The average molecular weight is 447 g/mol. The minimum Gasteiger partial charge on any atom is -0.494 e. The highest BCUT2D eigenvalue weighted by atomic mass is 35.5. The van der Waals surface area contributed by atoms with Crippen LogP contribution in [0.15, 0.2) is 42.5 Å². The smallest absolute Gasteiger partial charge is 0.335 e. The number of halogens is 1. The first-order valence-corrected chi connectivity index (χ1v) is 10.7. The number of carboxylic acid groups (broad SMARTS) is 1. The van der Waals surface area contributed by atoms with Crippen molar-refractivity contribution in [2.75, 3.05) is 31.1 Å². The normalized spacial score (nSPS) is 13.3. The van der Waals surface area contributed by atoms with Gasteiger partial charge in [-0.15, -0.1) is 12.4 Å². The molecule has 1 aliphatic rings. The zero-order valence-corrected chi connectivity index (χ0v) is 18.7. The molecule has 2 N–H and O–H groups in total. The number of ether oxygens (including phenoxy) is 1. The zero-order chi connectivity index (χ0) is 21.3. The van der Waals surface area contributed by atoms with Crippen LogP contribution >= 0.6 is 12.4 Å². The molecule has 1 amide bonds. The summed E-state index contributed by atoms with van der Waals surface area (Å²) in [6.07, 6.45) is 5.06. The van der Waals surface area contributed by atoms with Crippen LogP contribution in [0.25, 0.3) is 0 Å². The van der Waals surface area contributed by atoms with Gasteiger partial charge in [-0.05, 0) is 68.0 Å². The minimum absolute atomic E-state index is 0. The molecule has 2 aromatic carbocycles. The van der Waals surface area contributed by atoms with Gasteiger partial charge in [0.1, 0.15) is 5.75 Å². The van der Waals surface area contributed by atoms with Crippen molar-refractivity contribution < 1.29 is 19.4 Å². The standard InChI is InChI=1S/C24H30N2O4.ClH/c1-2-16-30-20-10-11-22(26-14-4-3-5-15-26)21(17-20)23(27)25-13-12-18-6-8-19(9-7-18)24(28)29;/h6-11,17H,2-5,12-16H2,1H3,(H,25,27)(H,28,29);1H. The van der Waals surface area contributed by atoms with Gasteiger partial charge < -0.3 is 20.1 Å². The van der Waals surface area contributed by atoms with Crippen LogP contribution < -0.4 is 15.0 Å². The second-order valence-corrected chi connectivity index (χ2v) is 7.58. The summed E-state index contributed by atoms with van der Waals surface area (Å²) in [5.41, 5.74) is 2.85. The number of aromatic carboxylic acids is 1. The monoisotopic (exact) mass is 446 g/mol. The number of anilines is 1. The van der Waals surface area contributed by atoms with E-state index in [0.717, 1.165) is 43.6 Å². The van der Waals surface area contributed by atoms with E-state index in [1.165, 1.54) is 6.42 Å². The van der Waals surface area contributed by atoms with Gasteiger partial charge in [0.25, 0.3) is 5.91 Å². The average Bonchev–Trinajstić information content (AvgIpc) is 2.78. The SMILES string of the molecule is CCCOc1ccc(N2CCCCC2)c(C(=O)NCCc2ccc(C(=O)O)cc2)c1.Cl. The predicted molar refractivity (Wildman–Crippen MR) is 125 cm³/mol. The van der Waals surface area contributed by atoms with Crippen LogP contribution in [0.4, 0.5) is 5.69 Å². The quantitative estimate of drug-likeness (QED) is 0.590. The summed E-state index contributed by atoms with van der Waals surface area (Å²) in [4.78, 5) is 26.2. The van der Waals surface area contributed by atoms with Gasteiger partial charge in [0, 0.05) is 25.3 Å². The molecule has 0 bridgehead atoms. The van der Waals surface area contributed by atoms with E-state index in [9.17, 15) is 9.59 Å². The lowest BCUT2D eigenvalue weighted by Crippen LogP contribution is -2.33. The molecule has 0 spiro atoms. The Morgan fingerprint density at radius 3 is 2.42 bits per heavy atom. The molecule has 0 atom stereocenters. The maximum atomic E-state index is 13.0. The molecule has 3 rings (SSSR count). The molecule has 1 saturated heterocycles. The number of rotatable bonds is 9. The van der Waals surface area contributed by atoms with Gasteiger partial charge in [0.05, 0.1) is 17.7 Å². The maximum absolute atomic E-state index is 13.0. The van der Waals surface area contributed by atoms with Crippen molar-refractivity contribution in [3.05, 3.63) is 59.2 Å². The van der Waals surface area contributed by atoms with Gasteiger partial charge in [-0.25, -0.2) is 4.79 Å². The van der Waals surface area contributed by atoms with Gasteiger partial charge >= 0.3 is 5.97 Å². The first kappa shape index (κ1) is 24.5. The Bertz CT molecular complexity index is 864. The maximum Gasteiger partial charge on any atom is 0.335 e. The largest absolute Gasteiger partial charge is 0.494 e. The van der Waals surface area contributed by atoms with Gasteiger partial charge in [-0.3, -0.25) is 4.79 Å². The van der Waals surface area contributed by atoms with E-state index in [1.54, 1.807) is 24.3 Å². The topological polar surface area (TPSA) is 78.9 Å². The number of amides is 1. The van der Waals surface area contributed by atoms with Crippen LogP contribution in [0.3, 0.4) is 0 Å². The molecular weight excluding hydrogens is 416 g/mol. The summed E-state index contributed by atoms with van der Waals surface area (Å²) >= 11 is 0. The number of hydrogen-bond donors (Lipinski definition) is 2. The molecule has 1 aliphatic heterocycles. The summed E-state index contributed by atoms with van der Waals surface area (Å²) in [5, 5.41) is 12.0. The van der Waals surface area contributed by atoms with E-state index in [2.05, 4.69) is 17.1 Å². The molecule has 0 radical (unpaired) electrons. The van der Waals surface area contributed by atoms with Crippen molar-refractivity contribution in [1.82, 2.24) is 5.32 Å². The van der Waals surface area contributed by atoms with Crippen LogP contribution in [-0.2, 0) is 6.42 Å². The van der Waals surface area contributed by atoms with E-state index < -0.39 is 5.97 Å². The van der Waals surface area contributed by atoms with Crippen molar-refractivity contribution in [3.8, 4) is 5.75 Å². The van der Waals surface area contributed by atoms with Crippen LogP contribution in [-0.4, -0.2) is 43.2 Å². The summed E-state index contributed by atoms with van der Waals surface area (Å²) in [6.45, 7) is 5.08. The fourth-order valence-corrected chi connectivity index (χ4v) is 3.65. The third-order valence-electron chi connectivity index (χ3n) is 5.28. The molecule has 168 valence electrons. The third kappa shape index (κ3) is 6.89. The van der Waals surface area contributed by atoms with Crippen LogP contribution in [0.2, 0.25) is 0 Å². The molecule has 0 aliphatic carbocycles. The molecule has 0 unspecified atom stereocenters. The Hall–Kier alpha value is -2.73. The number of carbonyl (C=O) groups excluding carboxylic acids is 1. The first-order chi connectivity index (χ1) is 14.6. The van der Waals surface area contributed by atoms with Crippen molar-refractivity contribution in [2.24, 2.45) is 0 Å². The minimum atomic E-state index is -0.940. The molecule has 2 aromatic rings. The lowest BCUT2D eigenvalue weighted by Gasteiger charge is -2.30. The highest BCUT2D eigenvalue weighted by molar-refractivity contribution is 6.00. The van der Waals surface area contributed by atoms with Crippen LogP contribution in [0, 0.1) is 0 Å². The summed E-state index contributed by atoms with van der Waals surface area (Å²) in [5.74, 6) is -0.336. The Balaban J connectivity index is 0.00000341. The van der Waals surface area contributed by atoms with Crippen molar-refractivity contribution in [1.29, 1.82) is 0 Å². The van der Waals surface area contributed by atoms with Crippen LogP contribution in [0.1, 0.15) is 58.9 Å². The number of carbonyl (C=O) groups is 2. The Labute approximate surface area is 190 Å². The second kappa shape index (κ2) is 12.2. The van der Waals surface area contributed by atoms with Gasteiger partial charge in [-0.1, -0.05) is 19.1 Å². The fraction of sp³-hybridized carbons (Fsp3) is 0.417. The lowest BCUT2D eigenvalue weighted by molar-refractivity contribution is 0.0696. The molecule has 31 heavy (non-hydrogen) atoms. The Morgan fingerprint density at radius 2 is 1.77 bits per heavy atom. The number of nitrogens with one attached hydrogen (secondary N) is 1. The van der Waals surface area contributed by atoms with E-state index in [0.29, 0.717) is 30.9 Å². The number of carboxylic acids is 1. The number of nitrogens with zero attached hydrogens (tertiary/aromatic N) is 1. The summed E-state index contributed by atoms with van der Waals surface area (Å²) < 4.78 is 5.75. The molecule has 1 fully saturated rings. The Kier molecular flexibility index (Phi) is 9.66. The van der Waals surface area contributed by atoms with Gasteiger partial charge in [-0.2, -0.15) is 0 Å². The first-order valence-electron chi connectivity index (χ1n) is 10.7. The number of benzene rings is 2. The predicted octanol–water partition coefficient (Wildman–Crippen LogP) is 4.56. The summed E-state index contributed by atoms with van der Waals surface area (Å²) in [7, 11) is 0. The van der Waals surface area contributed by atoms with Gasteiger partial charge in [0.2, 0.25) is 0 Å². The van der Waals surface area contributed by atoms with Gasteiger partial charge in [0.15, 0.2) is 0 Å². The van der Waals surface area contributed by atoms with Crippen molar-refractivity contribution in [2.45, 2.75) is 39.0 Å². The van der Waals surface area contributed by atoms with Crippen molar-refractivity contribution >= 4 is 30.0 Å². The van der Waals surface area contributed by atoms with Crippen molar-refractivity contribution in [3.63, 3.8) is 0 Å². The molecular formula is C24H31ClN2O4. The summed E-state index contributed by atoms with van der Waals surface area (Å²) in [6, 6.07) is 12.5. The molecule has 0 saturated carbocycles. The molecule has 1 heterocycles. The third-order valence-corrected chi connectivity index (χ3v) is 5.28.